The van der Waals surface area contributed by atoms with Crippen molar-refractivity contribution in [1.82, 2.24) is 19.9 Å². The molecule has 1 atom stereocenters. The van der Waals surface area contributed by atoms with Gasteiger partial charge < -0.3 is 15.3 Å². The zero-order chi connectivity index (χ0) is 29.9. The third kappa shape index (κ3) is 6.56. The first-order chi connectivity index (χ1) is 18.6. The lowest BCUT2D eigenvalue weighted by Crippen LogP contribution is -2.67. The van der Waals surface area contributed by atoms with Gasteiger partial charge in [-0.25, -0.2) is 9.48 Å². The molecule has 2 aromatic carbocycles. The molecule has 1 aromatic heterocycles. The van der Waals surface area contributed by atoms with Gasteiger partial charge in [0.05, 0.1) is 17.6 Å². The Labute approximate surface area is 237 Å². The van der Waals surface area contributed by atoms with Crippen LogP contribution in [-0.4, -0.2) is 60.7 Å². The molecule has 0 aliphatic carbocycles. The van der Waals surface area contributed by atoms with E-state index in [0.29, 0.717) is 11.8 Å². The summed E-state index contributed by atoms with van der Waals surface area (Å²) in [5.74, 6) is -3.60. The largest absolute Gasteiger partial charge is 0.479 e. The predicted molar refractivity (Wildman–Crippen MR) is 142 cm³/mol. The van der Waals surface area contributed by atoms with Crippen LogP contribution in [0.25, 0.3) is 5.69 Å². The van der Waals surface area contributed by atoms with Gasteiger partial charge in [0, 0.05) is 11.4 Å². The highest BCUT2D eigenvalue weighted by Gasteiger charge is 2.55. The van der Waals surface area contributed by atoms with Gasteiger partial charge in [-0.05, 0) is 29.2 Å². The Balaban J connectivity index is 2.03. The van der Waals surface area contributed by atoms with E-state index >= 15 is 0 Å². The molecular formula is C26H26Cl2F3N5O4. The molecule has 0 saturated heterocycles. The number of carboxylic acids is 1. The molecule has 0 radical (unpaired) electrons. The van der Waals surface area contributed by atoms with Crippen LogP contribution in [0.1, 0.15) is 32.0 Å². The highest BCUT2D eigenvalue weighted by Crippen LogP contribution is 2.40. The van der Waals surface area contributed by atoms with E-state index in [1.165, 1.54) is 18.2 Å². The summed E-state index contributed by atoms with van der Waals surface area (Å²) in [5, 5.41) is 19.8. The Morgan fingerprint density at radius 1 is 1.07 bits per heavy atom. The molecule has 3 aromatic rings. The molecule has 1 heterocycles. The van der Waals surface area contributed by atoms with Gasteiger partial charge in [0.15, 0.2) is 5.69 Å². The Morgan fingerprint density at radius 2 is 1.73 bits per heavy atom. The Kier molecular flexibility index (Phi) is 9.15. The van der Waals surface area contributed by atoms with E-state index in [1.807, 2.05) is 0 Å². The van der Waals surface area contributed by atoms with Gasteiger partial charge in [-0.1, -0.05) is 67.9 Å². The number of alkyl halides is 4. The van der Waals surface area contributed by atoms with Crippen LogP contribution in [-0.2, 0) is 27.0 Å². The minimum absolute atomic E-state index is 0.000532. The second-order valence-electron chi connectivity index (χ2n) is 9.95. The fraction of sp³-hybridized carbons (Fsp3) is 0.346. The first kappa shape index (κ1) is 30.9. The number of hydrogen-bond donors (Lipinski definition) is 2. The van der Waals surface area contributed by atoms with Gasteiger partial charge in [0.1, 0.15) is 18.0 Å². The number of benzene rings is 2. The smallest absolute Gasteiger partial charge is 0.436 e. The molecule has 0 aliphatic rings. The summed E-state index contributed by atoms with van der Waals surface area (Å²) in [6.45, 7) is 4.16. The average Bonchev–Trinajstić information content (AvgIpc) is 3.36. The van der Waals surface area contributed by atoms with E-state index in [4.69, 9.17) is 23.2 Å². The minimum atomic E-state index is -4.75. The minimum Gasteiger partial charge on any atom is -0.479 e. The number of carboxylic acid groups (broad SMARTS) is 1. The van der Waals surface area contributed by atoms with E-state index in [1.54, 1.807) is 51.1 Å². The van der Waals surface area contributed by atoms with Crippen LogP contribution in [0.5, 0.6) is 0 Å². The van der Waals surface area contributed by atoms with Gasteiger partial charge in [-0.3, -0.25) is 9.59 Å². The number of nitrogens with one attached hydrogen (secondary N) is 1. The molecule has 0 bridgehead atoms. The van der Waals surface area contributed by atoms with Crippen LogP contribution in [0.2, 0.25) is 5.02 Å². The molecule has 2 N–H and O–H groups in total. The van der Waals surface area contributed by atoms with E-state index in [0.717, 1.165) is 9.58 Å². The fourth-order valence-electron chi connectivity index (χ4n) is 4.33. The molecule has 0 unspecified atom stereocenters. The summed E-state index contributed by atoms with van der Waals surface area (Å²) in [7, 11) is 0. The molecule has 0 spiro atoms. The van der Waals surface area contributed by atoms with E-state index in [2.05, 4.69) is 15.6 Å². The van der Waals surface area contributed by atoms with E-state index in [-0.39, 0.29) is 22.8 Å². The molecule has 40 heavy (non-hydrogen) atoms. The highest BCUT2D eigenvalue weighted by molar-refractivity contribution is 6.31. The van der Waals surface area contributed by atoms with Crippen molar-refractivity contribution >= 4 is 46.7 Å². The number of carbonyl (C=O) groups is 3. The van der Waals surface area contributed by atoms with Crippen LogP contribution >= 0.6 is 23.2 Å². The number of carbonyl (C=O) groups excluding carboxylic acids is 2. The van der Waals surface area contributed by atoms with Crippen molar-refractivity contribution in [3.63, 3.8) is 0 Å². The molecule has 214 valence electrons. The SMILES string of the molecule is CC(C)(C)[C@](Cc1ccccc1)(C(=O)O)N(CC(=O)Nc1cc(Cl)ccc1-n1cc(C(F)(F)F)nn1)C(=O)CCl. The zero-order valence-corrected chi connectivity index (χ0v) is 23.2. The van der Waals surface area contributed by atoms with Crippen LogP contribution < -0.4 is 5.32 Å². The van der Waals surface area contributed by atoms with Gasteiger partial charge in [0.25, 0.3) is 0 Å². The summed E-state index contributed by atoms with van der Waals surface area (Å²) in [6, 6.07) is 12.6. The quantitative estimate of drug-likeness (QED) is 0.332. The number of aromatic nitrogens is 3. The molecule has 9 nitrogen and oxygen atoms in total. The van der Waals surface area contributed by atoms with Crippen molar-refractivity contribution in [2.45, 2.75) is 38.9 Å². The molecule has 0 aliphatic heterocycles. The van der Waals surface area contributed by atoms with Crippen LogP contribution in [0.4, 0.5) is 18.9 Å². The predicted octanol–water partition coefficient (Wildman–Crippen LogP) is 5.06. The first-order valence-corrected chi connectivity index (χ1v) is 12.7. The van der Waals surface area contributed by atoms with Crippen LogP contribution in [0, 0.1) is 5.41 Å². The molecule has 2 amide bonds. The number of hydrogen-bond acceptors (Lipinski definition) is 5. The summed E-state index contributed by atoms with van der Waals surface area (Å²) in [5.41, 5.74) is -3.70. The summed E-state index contributed by atoms with van der Waals surface area (Å²) in [4.78, 5) is 40.3. The van der Waals surface area contributed by atoms with Crippen molar-refractivity contribution < 1.29 is 32.7 Å². The van der Waals surface area contributed by atoms with E-state index in [9.17, 15) is 32.7 Å². The molecule has 0 fully saturated rings. The lowest BCUT2D eigenvalue weighted by molar-refractivity contribution is -0.168. The molecule has 3 rings (SSSR count). The number of anilines is 1. The maximum Gasteiger partial charge on any atom is 0.436 e. The van der Waals surface area contributed by atoms with Crippen molar-refractivity contribution in [1.29, 1.82) is 0 Å². The third-order valence-electron chi connectivity index (χ3n) is 6.34. The Bertz CT molecular complexity index is 1390. The van der Waals surface area contributed by atoms with Crippen LogP contribution in [0.3, 0.4) is 0 Å². The second kappa shape index (κ2) is 11.8. The molecular weight excluding hydrogens is 574 g/mol. The maximum absolute atomic E-state index is 13.3. The molecule has 0 saturated carbocycles. The Morgan fingerprint density at radius 3 is 2.25 bits per heavy atom. The fourth-order valence-corrected chi connectivity index (χ4v) is 4.65. The summed E-state index contributed by atoms with van der Waals surface area (Å²) >= 11 is 11.9. The van der Waals surface area contributed by atoms with Crippen LogP contribution in [0.15, 0.2) is 54.7 Å². The van der Waals surface area contributed by atoms with Crippen molar-refractivity contribution in [2.24, 2.45) is 5.41 Å². The van der Waals surface area contributed by atoms with E-state index < -0.39 is 53.0 Å². The first-order valence-electron chi connectivity index (χ1n) is 11.8. The van der Waals surface area contributed by atoms with Crippen molar-refractivity contribution in [3.05, 3.63) is 71.0 Å². The van der Waals surface area contributed by atoms with Gasteiger partial charge in [0.2, 0.25) is 11.8 Å². The standard InChI is InChI=1S/C26H26Cl2F3N5O4/c1-24(2,3)25(23(39)40,12-16-7-5-4-6-8-16)35(22(38)13-27)15-21(37)32-18-11-17(28)9-10-19(18)36-14-20(33-34-36)26(29,30)31/h4-11,14H,12-13,15H2,1-3H3,(H,32,37)(H,39,40)/t25-/m0/s1. The summed E-state index contributed by atoms with van der Waals surface area (Å²) < 4.78 is 40.0. The second-order valence-corrected chi connectivity index (χ2v) is 10.7. The topological polar surface area (TPSA) is 117 Å². The lowest BCUT2D eigenvalue weighted by Gasteiger charge is -2.48. The Hall–Kier alpha value is -3.64. The lowest BCUT2D eigenvalue weighted by atomic mass is 9.68. The van der Waals surface area contributed by atoms with Gasteiger partial charge in [-0.2, -0.15) is 13.2 Å². The normalized spacial score (nSPS) is 13.4. The number of nitrogens with zero attached hydrogens (tertiary/aromatic N) is 4. The van der Waals surface area contributed by atoms with Crippen molar-refractivity contribution in [3.8, 4) is 5.69 Å². The zero-order valence-electron chi connectivity index (χ0n) is 21.7. The highest BCUT2D eigenvalue weighted by atomic mass is 35.5. The van der Waals surface area contributed by atoms with Gasteiger partial charge in [-0.15, -0.1) is 16.7 Å². The number of rotatable bonds is 9. The average molecular weight is 600 g/mol. The maximum atomic E-state index is 13.3. The number of aliphatic carboxylic acids is 1. The van der Waals surface area contributed by atoms with Gasteiger partial charge >= 0.3 is 12.1 Å². The molecule has 14 heteroatoms. The number of amides is 2. The van der Waals surface area contributed by atoms with Crippen molar-refractivity contribution in [2.75, 3.05) is 17.7 Å². The monoisotopic (exact) mass is 599 g/mol. The summed E-state index contributed by atoms with van der Waals surface area (Å²) in [6.07, 6.45) is -4.25. The third-order valence-corrected chi connectivity index (χ3v) is 6.80. The number of halogens is 5.